The molecule has 0 amide bonds. The number of rotatable bonds is 4. The normalized spacial score (nSPS) is 15.3. The smallest absolute Gasteiger partial charge is 0.338 e. The van der Waals surface area contributed by atoms with Gasteiger partial charge in [-0.3, -0.25) is 0 Å². The number of ether oxygens (including phenoxy) is 1. The van der Waals surface area contributed by atoms with Crippen LogP contribution in [0.4, 0.5) is 0 Å². The van der Waals surface area contributed by atoms with Crippen LogP contribution < -0.4 is 0 Å². The van der Waals surface area contributed by atoms with Gasteiger partial charge in [-0.15, -0.1) is 0 Å². The van der Waals surface area contributed by atoms with Gasteiger partial charge in [-0.1, -0.05) is 11.6 Å². The summed E-state index contributed by atoms with van der Waals surface area (Å²) in [5.74, 6) is -0.123. The molecule has 1 aromatic carbocycles. The van der Waals surface area contributed by atoms with Gasteiger partial charge in [0.2, 0.25) is 0 Å². The van der Waals surface area contributed by atoms with Gasteiger partial charge >= 0.3 is 5.97 Å². The number of aryl methyl sites for hydroxylation is 1. The van der Waals surface area contributed by atoms with Crippen molar-refractivity contribution in [3.05, 3.63) is 28.3 Å². The minimum absolute atomic E-state index is 0.0220. The first-order valence-corrected chi connectivity index (χ1v) is 8.39. The molecule has 1 saturated carbocycles. The van der Waals surface area contributed by atoms with E-state index in [-0.39, 0.29) is 15.5 Å². The van der Waals surface area contributed by atoms with Crippen LogP contribution >= 0.6 is 22.3 Å². The van der Waals surface area contributed by atoms with Crippen LogP contribution in [0.25, 0.3) is 0 Å². The van der Waals surface area contributed by atoms with Gasteiger partial charge in [0.1, 0.15) is 4.90 Å². The second kappa shape index (κ2) is 5.31. The van der Waals surface area contributed by atoms with Gasteiger partial charge in [0.25, 0.3) is 9.05 Å². The maximum atomic E-state index is 11.8. The highest BCUT2D eigenvalue weighted by atomic mass is 35.7. The van der Waals surface area contributed by atoms with Crippen LogP contribution in [0.1, 0.15) is 28.8 Å². The molecule has 1 aromatic rings. The van der Waals surface area contributed by atoms with E-state index >= 15 is 0 Å². The second-order valence-corrected chi connectivity index (χ2v) is 7.50. The summed E-state index contributed by atoms with van der Waals surface area (Å²) in [5, 5.41) is 0.0220. The van der Waals surface area contributed by atoms with E-state index in [0.29, 0.717) is 18.1 Å². The van der Waals surface area contributed by atoms with Crippen LogP contribution in [-0.2, 0) is 13.8 Å². The molecule has 0 saturated heterocycles. The van der Waals surface area contributed by atoms with E-state index in [1.807, 2.05) is 0 Å². The molecule has 0 unspecified atom stereocenters. The summed E-state index contributed by atoms with van der Waals surface area (Å²) in [7, 11) is 1.29. The number of hydrogen-bond acceptors (Lipinski definition) is 4. The molecule has 0 spiro atoms. The SMILES string of the molecule is Cc1cc(C(=O)OCC2CC2)cc(S(=O)(=O)Cl)c1Cl. The zero-order valence-electron chi connectivity index (χ0n) is 10.2. The van der Waals surface area contributed by atoms with Gasteiger partial charge in [-0.25, -0.2) is 13.2 Å². The van der Waals surface area contributed by atoms with Gasteiger partial charge < -0.3 is 4.74 Å². The molecule has 7 heteroatoms. The van der Waals surface area contributed by atoms with Crippen molar-refractivity contribution >= 4 is 37.3 Å². The molecule has 0 radical (unpaired) electrons. The lowest BCUT2D eigenvalue weighted by Crippen LogP contribution is -2.09. The molecule has 0 aromatic heterocycles. The molecule has 0 N–H and O–H groups in total. The summed E-state index contributed by atoms with van der Waals surface area (Å²) in [6.45, 7) is 1.97. The summed E-state index contributed by atoms with van der Waals surface area (Å²) in [4.78, 5) is 11.5. The third-order valence-electron chi connectivity index (χ3n) is 2.87. The Bertz CT molecular complexity index is 621. The molecule has 0 heterocycles. The van der Waals surface area contributed by atoms with Crippen LogP contribution in [0.2, 0.25) is 5.02 Å². The number of esters is 1. The number of halogens is 2. The number of carbonyl (C=O) groups excluding carboxylic acids is 1. The van der Waals surface area contributed by atoms with Crippen molar-refractivity contribution in [2.24, 2.45) is 5.92 Å². The lowest BCUT2D eigenvalue weighted by molar-refractivity contribution is 0.0485. The summed E-state index contributed by atoms with van der Waals surface area (Å²) < 4.78 is 27.9. The van der Waals surface area contributed by atoms with Crippen molar-refractivity contribution in [1.82, 2.24) is 0 Å². The molecule has 104 valence electrons. The summed E-state index contributed by atoms with van der Waals surface area (Å²) >= 11 is 5.88. The quantitative estimate of drug-likeness (QED) is 0.631. The molecule has 0 atom stereocenters. The van der Waals surface area contributed by atoms with Crippen LogP contribution in [-0.4, -0.2) is 21.0 Å². The fourth-order valence-electron chi connectivity index (χ4n) is 1.59. The fourth-order valence-corrected chi connectivity index (χ4v) is 3.13. The van der Waals surface area contributed by atoms with E-state index in [1.165, 1.54) is 6.07 Å². The first-order valence-electron chi connectivity index (χ1n) is 5.71. The Labute approximate surface area is 121 Å². The van der Waals surface area contributed by atoms with E-state index in [1.54, 1.807) is 6.92 Å². The van der Waals surface area contributed by atoms with E-state index in [9.17, 15) is 13.2 Å². The van der Waals surface area contributed by atoms with E-state index in [0.717, 1.165) is 18.9 Å². The van der Waals surface area contributed by atoms with Crippen molar-refractivity contribution in [3.8, 4) is 0 Å². The van der Waals surface area contributed by atoms with Gasteiger partial charge in [-0.2, -0.15) is 0 Å². The summed E-state index contributed by atoms with van der Waals surface area (Å²) in [6.07, 6.45) is 2.13. The second-order valence-electron chi connectivity index (χ2n) is 4.58. The largest absolute Gasteiger partial charge is 0.462 e. The average molecular weight is 323 g/mol. The van der Waals surface area contributed by atoms with Crippen LogP contribution in [0.15, 0.2) is 17.0 Å². The molecule has 0 aliphatic heterocycles. The molecule has 1 aliphatic carbocycles. The van der Waals surface area contributed by atoms with Crippen molar-refractivity contribution in [1.29, 1.82) is 0 Å². The van der Waals surface area contributed by atoms with Crippen LogP contribution in [0.5, 0.6) is 0 Å². The van der Waals surface area contributed by atoms with Crippen LogP contribution in [0.3, 0.4) is 0 Å². The van der Waals surface area contributed by atoms with Crippen molar-refractivity contribution in [3.63, 3.8) is 0 Å². The highest BCUT2D eigenvalue weighted by molar-refractivity contribution is 8.13. The Balaban J connectivity index is 2.30. The number of carbonyl (C=O) groups is 1. The molecular formula is C12H12Cl2O4S. The predicted octanol–water partition coefficient (Wildman–Crippen LogP) is 3.14. The Morgan fingerprint density at radius 1 is 1.42 bits per heavy atom. The topological polar surface area (TPSA) is 60.4 Å². The minimum atomic E-state index is -4.00. The molecular weight excluding hydrogens is 311 g/mol. The highest BCUT2D eigenvalue weighted by Crippen LogP contribution is 2.31. The molecule has 19 heavy (non-hydrogen) atoms. The first kappa shape index (κ1) is 14.6. The zero-order chi connectivity index (χ0) is 14.2. The van der Waals surface area contributed by atoms with Crippen molar-refractivity contribution in [2.75, 3.05) is 6.61 Å². The standard InChI is InChI=1S/C12H12Cl2O4S/c1-7-4-9(12(15)18-6-8-2-3-8)5-10(11(7)13)19(14,16)17/h4-5,8H,2-3,6H2,1H3. The summed E-state index contributed by atoms with van der Waals surface area (Å²) in [5.41, 5.74) is 0.600. The van der Waals surface area contributed by atoms with Gasteiger partial charge in [0.05, 0.1) is 17.2 Å². The lowest BCUT2D eigenvalue weighted by atomic mass is 10.1. The molecule has 1 aliphatic rings. The average Bonchev–Trinajstić information content (AvgIpc) is 3.11. The molecule has 2 rings (SSSR count). The minimum Gasteiger partial charge on any atom is -0.462 e. The van der Waals surface area contributed by atoms with Crippen molar-refractivity contribution in [2.45, 2.75) is 24.7 Å². The first-order chi connectivity index (χ1) is 8.79. The van der Waals surface area contributed by atoms with E-state index < -0.39 is 15.0 Å². The monoisotopic (exact) mass is 322 g/mol. The van der Waals surface area contributed by atoms with E-state index in [2.05, 4.69) is 0 Å². The summed E-state index contributed by atoms with van der Waals surface area (Å²) in [6, 6.07) is 2.63. The Kier molecular flexibility index (Phi) is 4.08. The van der Waals surface area contributed by atoms with Crippen LogP contribution in [0, 0.1) is 12.8 Å². The van der Waals surface area contributed by atoms with Gasteiger partial charge in [0.15, 0.2) is 0 Å². The Hall–Kier alpha value is -0.780. The van der Waals surface area contributed by atoms with Gasteiger partial charge in [-0.05, 0) is 43.4 Å². The Morgan fingerprint density at radius 3 is 2.58 bits per heavy atom. The lowest BCUT2D eigenvalue weighted by Gasteiger charge is -2.08. The third-order valence-corrected chi connectivity index (χ3v) is 4.83. The Morgan fingerprint density at radius 2 is 2.05 bits per heavy atom. The van der Waals surface area contributed by atoms with Crippen molar-refractivity contribution < 1.29 is 17.9 Å². The predicted molar refractivity (Wildman–Crippen MR) is 72.2 cm³/mol. The fraction of sp³-hybridized carbons (Fsp3) is 0.417. The molecule has 0 bridgehead atoms. The zero-order valence-corrected chi connectivity index (χ0v) is 12.5. The van der Waals surface area contributed by atoms with E-state index in [4.69, 9.17) is 27.0 Å². The number of benzene rings is 1. The molecule has 1 fully saturated rings. The maximum absolute atomic E-state index is 11.8. The highest BCUT2D eigenvalue weighted by Gasteiger charge is 2.25. The molecule has 4 nitrogen and oxygen atoms in total. The third kappa shape index (κ3) is 3.61. The maximum Gasteiger partial charge on any atom is 0.338 e. The van der Waals surface area contributed by atoms with Gasteiger partial charge in [0, 0.05) is 10.7 Å². The number of hydrogen-bond donors (Lipinski definition) is 0.